The van der Waals surface area contributed by atoms with Gasteiger partial charge in [-0.1, -0.05) is 85.6 Å². The average Bonchev–Trinajstić information content (AvgIpc) is 3.79. The molecule has 0 aliphatic heterocycles. The number of amides is 3. The van der Waals surface area contributed by atoms with Crippen LogP contribution in [0.1, 0.15) is 74.1 Å². The molecule has 5 rings (SSSR count). The smallest absolute Gasteiger partial charge is 0.410 e. The molecule has 0 saturated heterocycles. The normalized spacial score (nSPS) is 19.7. The lowest BCUT2D eigenvalue weighted by molar-refractivity contribution is 0.146. The van der Waals surface area contributed by atoms with Gasteiger partial charge in [0.05, 0.1) is 6.04 Å². The van der Waals surface area contributed by atoms with Crippen LogP contribution < -0.4 is 15.4 Å². The summed E-state index contributed by atoms with van der Waals surface area (Å²) in [5.74, 6) is 0.842. The summed E-state index contributed by atoms with van der Waals surface area (Å²) >= 11 is 0. The molecule has 1 unspecified atom stereocenters. The summed E-state index contributed by atoms with van der Waals surface area (Å²) < 4.78 is 5.62. The van der Waals surface area contributed by atoms with Gasteiger partial charge in [-0.15, -0.1) is 0 Å². The van der Waals surface area contributed by atoms with Gasteiger partial charge in [-0.3, -0.25) is 0 Å². The van der Waals surface area contributed by atoms with Gasteiger partial charge in [0.2, 0.25) is 0 Å². The molecule has 6 heteroatoms. The lowest BCUT2D eigenvalue weighted by Crippen LogP contribution is -2.46. The molecule has 2 aliphatic rings. The van der Waals surface area contributed by atoms with Crippen LogP contribution in [0, 0.1) is 0 Å². The first kappa shape index (κ1) is 25.8. The molecule has 2 fully saturated rings. The van der Waals surface area contributed by atoms with Crippen LogP contribution in [0.25, 0.3) is 0 Å². The number of benzene rings is 3. The monoisotopic (exact) mass is 511 g/mol. The molecule has 3 aromatic carbocycles. The number of carbonyl (C=O) groups excluding carboxylic acids is 2. The summed E-state index contributed by atoms with van der Waals surface area (Å²) in [4.78, 5) is 27.6. The number of nitrogens with zero attached hydrogens (tertiary/aromatic N) is 1. The standard InChI is InChI=1S/C32H37N3O3/c1-23(25-10-4-2-5-11-25)33-31(36)34-30-15-9-8-14-29(30)26-18-16-24(17-19-26)22-35(27-20-21-27)32(37)38-28-12-6-3-7-13-28/h2-7,10-13,16-19,23,27,29-30H,8-9,14-15,20-22H2,1H3,(H2,33,34,36)/t23-,29?,30-/m0/s1. The second-order valence-electron chi connectivity index (χ2n) is 10.5. The maximum atomic E-state index is 12.9. The predicted molar refractivity (Wildman–Crippen MR) is 149 cm³/mol. The Bertz CT molecular complexity index is 1200. The van der Waals surface area contributed by atoms with Crippen LogP contribution in [0.4, 0.5) is 9.59 Å². The van der Waals surface area contributed by atoms with E-state index in [1.54, 1.807) is 12.1 Å². The molecule has 38 heavy (non-hydrogen) atoms. The van der Waals surface area contributed by atoms with Crippen molar-refractivity contribution in [1.82, 2.24) is 15.5 Å². The fourth-order valence-electron chi connectivity index (χ4n) is 5.38. The molecule has 3 atom stereocenters. The molecular formula is C32H37N3O3. The maximum Gasteiger partial charge on any atom is 0.415 e. The van der Waals surface area contributed by atoms with E-state index in [0.29, 0.717) is 12.3 Å². The fourth-order valence-corrected chi connectivity index (χ4v) is 5.38. The van der Waals surface area contributed by atoms with E-state index in [4.69, 9.17) is 4.74 Å². The first-order valence-electron chi connectivity index (χ1n) is 13.8. The summed E-state index contributed by atoms with van der Waals surface area (Å²) in [6, 6.07) is 28.0. The van der Waals surface area contributed by atoms with E-state index in [2.05, 4.69) is 34.9 Å². The van der Waals surface area contributed by atoms with Gasteiger partial charge in [0.1, 0.15) is 5.75 Å². The number of para-hydroxylation sites is 1. The summed E-state index contributed by atoms with van der Waals surface area (Å²) in [5, 5.41) is 6.35. The summed E-state index contributed by atoms with van der Waals surface area (Å²) in [5.41, 5.74) is 3.41. The molecule has 3 amide bonds. The third-order valence-corrected chi connectivity index (χ3v) is 7.66. The highest BCUT2D eigenvalue weighted by Gasteiger charge is 2.34. The minimum atomic E-state index is -0.296. The number of hydrogen-bond donors (Lipinski definition) is 2. The first-order valence-corrected chi connectivity index (χ1v) is 13.8. The Hall–Kier alpha value is -3.80. The van der Waals surface area contributed by atoms with E-state index >= 15 is 0 Å². The van der Waals surface area contributed by atoms with Gasteiger partial charge in [-0.05, 0) is 61.4 Å². The first-order chi connectivity index (χ1) is 18.6. The van der Waals surface area contributed by atoms with Crippen LogP contribution in [0.3, 0.4) is 0 Å². The maximum absolute atomic E-state index is 12.9. The van der Waals surface area contributed by atoms with E-state index < -0.39 is 0 Å². The van der Waals surface area contributed by atoms with Crippen molar-refractivity contribution in [3.8, 4) is 5.75 Å². The van der Waals surface area contributed by atoms with Gasteiger partial charge in [0, 0.05) is 24.5 Å². The van der Waals surface area contributed by atoms with Crippen LogP contribution in [-0.4, -0.2) is 29.1 Å². The number of urea groups is 1. The molecule has 0 bridgehead atoms. The van der Waals surface area contributed by atoms with E-state index in [-0.39, 0.29) is 36.2 Å². The Morgan fingerprint density at radius 2 is 1.53 bits per heavy atom. The van der Waals surface area contributed by atoms with Gasteiger partial charge in [-0.25, -0.2) is 9.59 Å². The fraction of sp³-hybridized carbons (Fsp3) is 0.375. The SMILES string of the molecule is C[C@H](NC(=O)N[C@H]1CCCCC1c1ccc(CN(C(=O)Oc2ccccc2)C2CC2)cc1)c1ccccc1. The zero-order valence-corrected chi connectivity index (χ0v) is 22.0. The molecule has 2 N–H and O–H groups in total. The zero-order valence-electron chi connectivity index (χ0n) is 22.0. The highest BCUT2D eigenvalue weighted by Crippen LogP contribution is 2.34. The highest BCUT2D eigenvalue weighted by molar-refractivity contribution is 5.75. The Kier molecular flexibility index (Phi) is 8.27. The Balaban J connectivity index is 1.20. The molecule has 0 spiro atoms. The quantitative estimate of drug-likeness (QED) is 0.344. The molecule has 2 saturated carbocycles. The van der Waals surface area contributed by atoms with E-state index in [1.165, 1.54) is 5.56 Å². The topological polar surface area (TPSA) is 70.7 Å². The largest absolute Gasteiger partial charge is 0.415 e. The number of carbonyl (C=O) groups is 2. The van der Waals surface area contributed by atoms with Gasteiger partial charge in [0.15, 0.2) is 0 Å². The van der Waals surface area contributed by atoms with E-state index in [9.17, 15) is 9.59 Å². The van der Waals surface area contributed by atoms with Crippen LogP contribution in [0.2, 0.25) is 0 Å². The molecule has 3 aromatic rings. The molecule has 0 radical (unpaired) electrons. The van der Waals surface area contributed by atoms with Crippen LogP contribution in [-0.2, 0) is 6.54 Å². The molecular weight excluding hydrogens is 474 g/mol. The van der Waals surface area contributed by atoms with Crippen molar-refractivity contribution < 1.29 is 14.3 Å². The van der Waals surface area contributed by atoms with Crippen LogP contribution in [0.5, 0.6) is 5.75 Å². The summed E-state index contributed by atoms with van der Waals surface area (Å²) in [6.07, 6.45) is 6.04. The van der Waals surface area contributed by atoms with Gasteiger partial charge in [-0.2, -0.15) is 0 Å². The van der Waals surface area contributed by atoms with Crippen LogP contribution >= 0.6 is 0 Å². The Morgan fingerprint density at radius 3 is 2.21 bits per heavy atom. The summed E-state index contributed by atoms with van der Waals surface area (Å²) in [6.45, 7) is 2.54. The van der Waals surface area contributed by atoms with Gasteiger partial charge >= 0.3 is 12.1 Å². The minimum Gasteiger partial charge on any atom is -0.410 e. The number of rotatable bonds is 8. The van der Waals surface area contributed by atoms with Crippen molar-refractivity contribution in [3.63, 3.8) is 0 Å². The second-order valence-corrected chi connectivity index (χ2v) is 10.5. The molecule has 2 aliphatic carbocycles. The zero-order chi connectivity index (χ0) is 26.3. The number of ether oxygens (including phenoxy) is 1. The van der Waals surface area contributed by atoms with Crippen molar-refractivity contribution in [2.75, 3.05) is 0 Å². The van der Waals surface area contributed by atoms with Crippen LogP contribution in [0.15, 0.2) is 84.9 Å². The van der Waals surface area contributed by atoms with Crippen molar-refractivity contribution >= 4 is 12.1 Å². The molecule has 0 heterocycles. The predicted octanol–water partition coefficient (Wildman–Crippen LogP) is 6.94. The average molecular weight is 512 g/mol. The lowest BCUT2D eigenvalue weighted by atomic mass is 9.80. The molecule has 198 valence electrons. The number of nitrogens with one attached hydrogen (secondary N) is 2. The van der Waals surface area contributed by atoms with E-state index in [1.807, 2.05) is 60.4 Å². The van der Waals surface area contributed by atoms with Crippen molar-refractivity contribution in [1.29, 1.82) is 0 Å². The molecule has 6 nitrogen and oxygen atoms in total. The van der Waals surface area contributed by atoms with Crippen molar-refractivity contribution in [2.24, 2.45) is 0 Å². The summed E-state index contributed by atoms with van der Waals surface area (Å²) in [7, 11) is 0. The second kappa shape index (κ2) is 12.2. The van der Waals surface area contributed by atoms with Crippen molar-refractivity contribution in [2.45, 2.75) is 76.0 Å². The molecule has 0 aromatic heterocycles. The third kappa shape index (κ3) is 6.74. The van der Waals surface area contributed by atoms with Gasteiger partial charge in [0.25, 0.3) is 0 Å². The highest BCUT2D eigenvalue weighted by atomic mass is 16.6. The lowest BCUT2D eigenvalue weighted by Gasteiger charge is -2.33. The Morgan fingerprint density at radius 1 is 0.868 bits per heavy atom. The van der Waals surface area contributed by atoms with Gasteiger partial charge < -0.3 is 20.3 Å². The van der Waals surface area contributed by atoms with Crippen molar-refractivity contribution in [3.05, 3.63) is 102 Å². The third-order valence-electron chi connectivity index (χ3n) is 7.66. The van der Waals surface area contributed by atoms with E-state index in [0.717, 1.165) is 49.7 Å². The Labute approximate surface area is 225 Å². The minimum absolute atomic E-state index is 0.0551. The number of hydrogen-bond acceptors (Lipinski definition) is 3.